The minimum Gasteiger partial charge on any atom is -0.467 e. The molecule has 32 heavy (non-hydrogen) atoms. The Morgan fingerprint density at radius 3 is 2.84 bits per heavy atom. The van der Waals surface area contributed by atoms with Crippen molar-refractivity contribution < 1.29 is 9.21 Å². The normalized spacial score (nSPS) is 15.8. The highest BCUT2D eigenvalue weighted by atomic mass is 32.2. The minimum atomic E-state index is -0.241. The number of thioether (sulfide) groups is 1. The van der Waals surface area contributed by atoms with Crippen molar-refractivity contribution in [1.82, 2.24) is 20.2 Å². The molecule has 1 N–H and O–H groups in total. The molecule has 0 aliphatic carbocycles. The van der Waals surface area contributed by atoms with Crippen molar-refractivity contribution >= 4 is 34.7 Å². The number of carbonyl (C=O) groups is 1. The van der Waals surface area contributed by atoms with Crippen LogP contribution in [0.25, 0.3) is 11.4 Å². The summed E-state index contributed by atoms with van der Waals surface area (Å²) in [5.41, 5.74) is 3.14. The summed E-state index contributed by atoms with van der Waals surface area (Å²) in [4.78, 5) is 18.7. The highest BCUT2D eigenvalue weighted by Crippen LogP contribution is 2.34. The monoisotopic (exact) mass is 463 g/mol. The summed E-state index contributed by atoms with van der Waals surface area (Å²) in [6.07, 6.45) is 3.24. The zero-order valence-electron chi connectivity index (χ0n) is 17.4. The highest BCUT2D eigenvalue weighted by Gasteiger charge is 2.35. The van der Waals surface area contributed by atoms with Crippen LogP contribution in [0, 0.1) is 0 Å². The van der Waals surface area contributed by atoms with Gasteiger partial charge in [-0.1, -0.05) is 49.0 Å². The Labute approximate surface area is 193 Å². The molecule has 7 nitrogen and oxygen atoms in total. The van der Waals surface area contributed by atoms with Crippen LogP contribution >= 0.6 is 23.1 Å². The van der Waals surface area contributed by atoms with Gasteiger partial charge in [0.15, 0.2) is 5.82 Å². The van der Waals surface area contributed by atoms with Gasteiger partial charge in [-0.25, -0.2) is 9.99 Å². The zero-order valence-corrected chi connectivity index (χ0v) is 19.0. The lowest BCUT2D eigenvalue weighted by Gasteiger charge is -2.19. The van der Waals surface area contributed by atoms with Crippen molar-refractivity contribution in [2.24, 2.45) is 5.10 Å². The Kier molecular flexibility index (Phi) is 5.91. The quantitative estimate of drug-likeness (QED) is 0.383. The Morgan fingerprint density at radius 2 is 2.12 bits per heavy atom. The third-order valence-electron chi connectivity index (χ3n) is 5.27. The number of aryl methyl sites for hydroxylation is 1. The van der Waals surface area contributed by atoms with Gasteiger partial charge in [0.25, 0.3) is 5.91 Å². The Bertz CT molecular complexity index is 1210. The van der Waals surface area contributed by atoms with E-state index in [-0.39, 0.29) is 17.7 Å². The highest BCUT2D eigenvalue weighted by molar-refractivity contribution is 7.99. The van der Waals surface area contributed by atoms with Crippen LogP contribution in [-0.4, -0.2) is 37.6 Å². The smallest absolute Gasteiger partial charge is 0.253 e. The number of rotatable bonds is 7. The van der Waals surface area contributed by atoms with Gasteiger partial charge in [-0.05, 0) is 35.6 Å². The van der Waals surface area contributed by atoms with Crippen molar-refractivity contribution in [3.8, 4) is 11.4 Å². The summed E-state index contributed by atoms with van der Waals surface area (Å²) in [6.45, 7) is 2.12. The molecule has 1 aliphatic heterocycles. The summed E-state index contributed by atoms with van der Waals surface area (Å²) >= 11 is 2.91. The van der Waals surface area contributed by atoms with E-state index in [9.17, 15) is 4.79 Å². The Balaban J connectivity index is 1.28. The van der Waals surface area contributed by atoms with E-state index in [1.165, 1.54) is 22.3 Å². The maximum atomic E-state index is 13.1. The van der Waals surface area contributed by atoms with Crippen molar-refractivity contribution in [1.29, 1.82) is 0 Å². The SMILES string of the molecule is CCc1ccc(-c2nc(SCC(=O)N3N=C(c4cccs4)C[C@H]3c3ccco3)n[nH]2)cc1. The van der Waals surface area contributed by atoms with Gasteiger partial charge < -0.3 is 4.42 Å². The second-order valence-corrected chi connectivity index (χ2v) is 9.19. The van der Waals surface area contributed by atoms with E-state index < -0.39 is 0 Å². The summed E-state index contributed by atoms with van der Waals surface area (Å²) in [5, 5.41) is 15.9. The lowest BCUT2D eigenvalue weighted by molar-refractivity contribution is -0.130. The van der Waals surface area contributed by atoms with Gasteiger partial charge >= 0.3 is 0 Å². The van der Waals surface area contributed by atoms with Crippen LogP contribution in [0.4, 0.5) is 0 Å². The van der Waals surface area contributed by atoms with Gasteiger partial charge in [0.1, 0.15) is 11.8 Å². The van der Waals surface area contributed by atoms with E-state index in [1.807, 2.05) is 41.8 Å². The third-order valence-corrected chi connectivity index (χ3v) is 7.02. The van der Waals surface area contributed by atoms with Gasteiger partial charge in [-0.15, -0.1) is 16.4 Å². The molecular formula is C23H21N5O2S2. The fourth-order valence-corrected chi connectivity index (χ4v) is 4.94. The molecule has 4 aromatic rings. The summed E-state index contributed by atoms with van der Waals surface area (Å²) in [6, 6.07) is 15.7. The number of carbonyl (C=O) groups excluding carboxylic acids is 1. The topological polar surface area (TPSA) is 87.4 Å². The molecule has 0 spiro atoms. The first kappa shape index (κ1) is 20.7. The summed E-state index contributed by atoms with van der Waals surface area (Å²) in [5.74, 6) is 1.50. The van der Waals surface area contributed by atoms with Gasteiger partial charge in [0, 0.05) is 12.0 Å². The molecule has 1 amide bonds. The molecule has 0 fully saturated rings. The first-order valence-corrected chi connectivity index (χ1v) is 12.2. The van der Waals surface area contributed by atoms with Gasteiger partial charge in [0.05, 0.1) is 22.6 Å². The number of amides is 1. The van der Waals surface area contributed by atoms with Crippen LogP contribution in [0.3, 0.4) is 0 Å². The van der Waals surface area contributed by atoms with Crippen LogP contribution < -0.4 is 0 Å². The first-order chi connectivity index (χ1) is 15.7. The average molecular weight is 464 g/mol. The van der Waals surface area contributed by atoms with Crippen LogP contribution in [0.5, 0.6) is 0 Å². The standard InChI is InChI=1S/C23H21N5O2S2/c1-2-15-7-9-16(10-8-15)22-24-23(26-25-22)32-14-21(29)28-18(19-5-3-11-30-19)13-17(27-28)20-6-4-12-31-20/h3-12,18H,2,13-14H2,1H3,(H,24,25,26)/t18-/m0/s1. The molecular weight excluding hydrogens is 442 g/mol. The van der Waals surface area contributed by atoms with Gasteiger partial charge in [-0.2, -0.15) is 5.10 Å². The molecule has 0 bridgehead atoms. The van der Waals surface area contributed by atoms with Crippen LogP contribution in [0.15, 0.2) is 74.8 Å². The fraction of sp³-hybridized carbons (Fsp3) is 0.217. The molecule has 0 unspecified atom stereocenters. The number of aromatic amines is 1. The van der Waals surface area contributed by atoms with E-state index >= 15 is 0 Å². The summed E-state index contributed by atoms with van der Waals surface area (Å²) in [7, 11) is 0. The molecule has 1 atom stereocenters. The number of aromatic nitrogens is 3. The molecule has 5 rings (SSSR count). The molecule has 3 aromatic heterocycles. The molecule has 0 radical (unpaired) electrons. The lowest BCUT2D eigenvalue weighted by atomic mass is 10.1. The van der Waals surface area contributed by atoms with E-state index in [4.69, 9.17) is 4.42 Å². The lowest BCUT2D eigenvalue weighted by Crippen LogP contribution is -2.28. The van der Waals surface area contributed by atoms with E-state index in [1.54, 1.807) is 17.6 Å². The zero-order chi connectivity index (χ0) is 21.9. The predicted molar refractivity (Wildman–Crippen MR) is 126 cm³/mol. The van der Waals surface area contributed by atoms with Gasteiger partial charge in [-0.3, -0.25) is 9.89 Å². The maximum absolute atomic E-state index is 13.1. The molecule has 9 heteroatoms. The van der Waals surface area contributed by atoms with Crippen molar-refractivity contribution in [3.05, 3.63) is 76.4 Å². The fourth-order valence-electron chi connectivity index (χ4n) is 3.57. The second-order valence-electron chi connectivity index (χ2n) is 7.30. The number of furan rings is 1. The van der Waals surface area contributed by atoms with Crippen LogP contribution in [-0.2, 0) is 11.2 Å². The number of benzene rings is 1. The van der Waals surface area contributed by atoms with Crippen molar-refractivity contribution in [2.45, 2.75) is 31.0 Å². The van der Waals surface area contributed by atoms with Crippen molar-refractivity contribution in [3.63, 3.8) is 0 Å². The van der Waals surface area contributed by atoms with Gasteiger partial charge in [0.2, 0.25) is 5.16 Å². The number of nitrogens with one attached hydrogen (secondary N) is 1. The predicted octanol–water partition coefficient (Wildman–Crippen LogP) is 5.16. The number of hydrogen-bond acceptors (Lipinski definition) is 7. The van der Waals surface area contributed by atoms with E-state index in [0.717, 1.165) is 28.3 Å². The minimum absolute atomic E-state index is 0.110. The number of hydrazone groups is 1. The Hall–Kier alpha value is -3.17. The first-order valence-electron chi connectivity index (χ1n) is 10.3. The maximum Gasteiger partial charge on any atom is 0.253 e. The number of hydrogen-bond donors (Lipinski definition) is 1. The van der Waals surface area contributed by atoms with Crippen LogP contribution in [0.1, 0.15) is 35.6 Å². The average Bonchev–Trinajstić information content (AvgIpc) is 3.63. The molecule has 0 saturated carbocycles. The van der Waals surface area contributed by atoms with E-state index in [0.29, 0.717) is 17.4 Å². The molecule has 162 valence electrons. The number of nitrogens with zero attached hydrogens (tertiary/aromatic N) is 4. The molecule has 1 aromatic carbocycles. The molecule has 4 heterocycles. The molecule has 0 saturated heterocycles. The number of thiophene rings is 1. The van der Waals surface area contributed by atoms with Crippen molar-refractivity contribution in [2.75, 3.05) is 5.75 Å². The second kappa shape index (κ2) is 9.13. The third kappa shape index (κ3) is 4.26. The number of H-pyrrole nitrogens is 1. The largest absolute Gasteiger partial charge is 0.467 e. The summed E-state index contributed by atoms with van der Waals surface area (Å²) < 4.78 is 5.59. The van der Waals surface area contributed by atoms with E-state index in [2.05, 4.69) is 39.3 Å². The molecule has 1 aliphatic rings. The Morgan fingerprint density at radius 1 is 1.25 bits per heavy atom. The van der Waals surface area contributed by atoms with Crippen LogP contribution in [0.2, 0.25) is 0 Å².